The van der Waals surface area contributed by atoms with Gasteiger partial charge in [-0.15, -0.1) is 0 Å². The summed E-state index contributed by atoms with van der Waals surface area (Å²) in [6.07, 6.45) is 8.32. The number of carbonyl (C=O) groups excluding carboxylic acids is 2. The van der Waals surface area contributed by atoms with Gasteiger partial charge in [0.2, 0.25) is 11.8 Å². The standard InChI is InChI=1S/C21H32N2O3/c24-20(23-5-7-26-8-6-23)16-1-3-22(4-2-16)21(25)19-17-10-14-9-15(12-17)13-18(19)11-14/h14-19H,1-13H2. The lowest BCUT2D eigenvalue weighted by atomic mass is 9.51. The molecule has 0 aromatic carbocycles. The quantitative estimate of drug-likeness (QED) is 0.758. The first-order chi connectivity index (χ1) is 12.7. The monoisotopic (exact) mass is 360 g/mol. The Bertz CT molecular complexity index is 536. The lowest BCUT2D eigenvalue weighted by Crippen LogP contribution is -2.54. The van der Waals surface area contributed by atoms with Crippen molar-refractivity contribution in [2.45, 2.75) is 44.9 Å². The highest BCUT2D eigenvalue weighted by atomic mass is 16.5. The van der Waals surface area contributed by atoms with Crippen molar-refractivity contribution in [2.24, 2.45) is 35.5 Å². The van der Waals surface area contributed by atoms with E-state index in [1.807, 2.05) is 4.90 Å². The number of piperidine rings is 1. The maximum absolute atomic E-state index is 13.3. The van der Waals surface area contributed by atoms with Gasteiger partial charge in [-0.3, -0.25) is 9.59 Å². The minimum atomic E-state index is 0.107. The van der Waals surface area contributed by atoms with Crippen LogP contribution in [0.1, 0.15) is 44.9 Å². The second kappa shape index (κ2) is 6.81. The molecule has 2 aliphatic heterocycles. The van der Waals surface area contributed by atoms with Crippen molar-refractivity contribution in [2.75, 3.05) is 39.4 Å². The summed E-state index contributed by atoms with van der Waals surface area (Å²) in [7, 11) is 0. The summed E-state index contributed by atoms with van der Waals surface area (Å²) in [5.41, 5.74) is 0. The molecule has 5 heteroatoms. The molecule has 6 aliphatic rings. The van der Waals surface area contributed by atoms with E-state index in [0.29, 0.717) is 36.9 Å². The molecule has 0 aromatic heterocycles. The molecule has 6 rings (SSSR count). The van der Waals surface area contributed by atoms with Gasteiger partial charge in [-0.25, -0.2) is 0 Å². The van der Waals surface area contributed by atoms with Crippen LogP contribution in [0.15, 0.2) is 0 Å². The second-order valence-electron chi connectivity index (χ2n) is 9.49. The fourth-order valence-electron chi connectivity index (χ4n) is 6.93. The number of carbonyl (C=O) groups is 2. The van der Waals surface area contributed by atoms with Gasteiger partial charge in [-0.1, -0.05) is 0 Å². The van der Waals surface area contributed by atoms with Crippen LogP contribution in [0.5, 0.6) is 0 Å². The number of nitrogens with zero attached hydrogens (tertiary/aromatic N) is 2. The minimum absolute atomic E-state index is 0.107. The van der Waals surface area contributed by atoms with Crippen molar-refractivity contribution in [1.29, 1.82) is 0 Å². The topological polar surface area (TPSA) is 49.9 Å². The van der Waals surface area contributed by atoms with Crippen LogP contribution in [0.3, 0.4) is 0 Å². The molecule has 2 heterocycles. The van der Waals surface area contributed by atoms with Crippen LogP contribution in [-0.2, 0) is 14.3 Å². The van der Waals surface area contributed by atoms with Crippen molar-refractivity contribution in [3.05, 3.63) is 0 Å². The van der Waals surface area contributed by atoms with Gasteiger partial charge in [-0.05, 0) is 68.6 Å². The summed E-state index contributed by atoms with van der Waals surface area (Å²) in [4.78, 5) is 30.0. The van der Waals surface area contributed by atoms with Crippen molar-refractivity contribution in [1.82, 2.24) is 9.80 Å². The Morgan fingerprint density at radius 2 is 1.23 bits per heavy atom. The average Bonchev–Trinajstić information content (AvgIpc) is 2.67. The summed E-state index contributed by atoms with van der Waals surface area (Å²) >= 11 is 0. The third kappa shape index (κ3) is 2.96. The number of amides is 2. The molecule has 6 fully saturated rings. The highest BCUT2D eigenvalue weighted by molar-refractivity contribution is 5.82. The second-order valence-corrected chi connectivity index (χ2v) is 9.49. The van der Waals surface area contributed by atoms with Crippen LogP contribution in [-0.4, -0.2) is 61.0 Å². The van der Waals surface area contributed by atoms with Crippen molar-refractivity contribution in [3.63, 3.8) is 0 Å². The molecule has 5 nitrogen and oxygen atoms in total. The van der Waals surface area contributed by atoms with Gasteiger partial charge >= 0.3 is 0 Å². The van der Waals surface area contributed by atoms with Crippen LogP contribution < -0.4 is 0 Å². The van der Waals surface area contributed by atoms with Crippen molar-refractivity contribution in [3.8, 4) is 0 Å². The molecule has 26 heavy (non-hydrogen) atoms. The molecule has 0 aromatic rings. The third-order valence-corrected chi connectivity index (χ3v) is 7.99. The Morgan fingerprint density at radius 1 is 0.692 bits per heavy atom. The van der Waals surface area contributed by atoms with Gasteiger partial charge in [0.15, 0.2) is 0 Å². The lowest BCUT2D eigenvalue weighted by Gasteiger charge is -2.54. The van der Waals surface area contributed by atoms with Gasteiger partial charge in [0.25, 0.3) is 0 Å². The van der Waals surface area contributed by atoms with Crippen LogP contribution in [0.4, 0.5) is 0 Å². The summed E-state index contributed by atoms with van der Waals surface area (Å²) in [6.45, 7) is 4.34. The summed E-state index contributed by atoms with van der Waals surface area (Å²) in [6, 6.07) is 0. The molecule has 2 amide bonds. The molecule has 0 radical (unpaired) electrons. The summed E-state index contributed by atoms with van der Waals surface area (Å²) in [5.74, 6) is 4.27. The van der Waals surface area contributed by atoms with Crippen LogP contribution in [0, 0.1) is 35.5 Å². The fraction of sp³-hybridized carbons (Fsp3) is 0.905. The number of rotatable bonds is 2. The predicted octanol–water partition coefficient (Wildman–Crippen LogP) is 2.16. The van der Waals surface area contributed by atoms with Gasteiger partial charge in [0.05, 0.1) is 13.2 Å². The van der Waals surface area contributed by atoms with Gasteiger partial charge in [0, 0.05) is 38.0 Å². The molecule has 4 aliphatic carbocycles. The third-order valence-electron chi connectivity index (χ3n) is 7.99. The number of hydrogen-bond donors (Lipinski definition) is 0. The van der Waals surface area contributed by atoms with E-state index in [9.17, 15) is 9.59 Å². The Labute approximate surface area is 156 Å². The van der Waals surface area contributed by atoms with E-state index in [2.05, 4.69) is 4.90 Å². The number of hydrogen-bond acceptors (Lipinski definition) is 3. The molecule has 0 atom stereocenters. The molecular weight excluding hydrogens is 328 g/mol. The van der Waals surface area contributed by atoms with Gasteiger partial charge in [0.1, 0.15) is 0 Å². The van der Waals surface area contributed by atoms with Crippen LogP contribution >= 0.6 is 0 Å². The molecule has 144 valence electrons. The molecule has 4 bridgehead atoms. The number of ether oxygens (including phenoxy) is 1. The first-order valence-electron chi connectivity index (χ1n) is 10.8. The van der Waals surface area contributed by atoms with E-state index in [1.165, 1.54) is 32.1 Å². The highest BCUT2D eigenvalue weighted by Gasteiger charge is 2.51. The average molecular weight is 360 g/mol. The SMILES string of the molecule is O=C(C1CCN(C(=O)C2C3CC4CC(C3)CC2C4)CC1)N1CCOCC1. The Hall–Kier alpha value is -1.10. The molecule has 4 saturated carbocycles. The zero-order valence-corrected chi connectivity index (χ0v) is 15.8. The number of morpholine rings is 1. The summed E-state index contributed by atoms with van der Waals surface area (Å²) < 4.78 is 5.35. The van der Waals surface area contributed by atoms with Crippen molar-refractivity contribution >= 4 is 11.8 Å². The zero-order valence-electron chi connectivity index (χ0n) is 15.8. The van der Waals surface area contributed by atoms with E-state index in [1.54, 1.807) is 0 Å². The largest absolute Gasteiger partial charge is 0.378 e. The predicted molar refractivity (Wildman–Crippen MR) is 97.2 cm³/mol. The van der Waals surface area contributed by atoms with Crippen molar-refractivity contribution < 1.29 is 14.3 Å². The van der Waals surface area contributed by atoms with E-state index in [-0.39, 0.29) is 11.8 Å². The van der Waals surface area contributed by atoms with Gasteiger partial charge < -0.3 is 14.5 Å². The molecular formula is C21H32N2O3. The first-order valence-corrected chi connectivity index (χ1v) is 10.8. The van der Waals surface area contributed by atoms with Gasteiger partial charge in [-0.2, -0.15) is 0 Å². The minimum Gasteiger partial charge on any atom is -0.378 e. The van der Waals surface area contributed by atoms with E-state index >= 15 is 0 Å². The maximum atomic E-state index is 13.3. The lowest BCUT2D eigenvalue weighted by molar-refractivity contribution is -0.153. The molecule has 0 spiro atoms. The van der Waals surface area contributed by atoms with E-state index in [0.717, 1.165) is 50.9 Å². The number of likely N-dealkylation sites (tertiary alicyclic amines) is 1. The van der Waals surface area contributed by atoms with Crippen LogP contribution in [0.25, 0.3) is 0 Å². The Balaban J connectivity index is 1.18. The maximum Gasteiger partial charge on any atom is 0.226 e. The Kier molecular flexibility index (Phi) is 4.46. The molecule has 0 unspecified atom stereocenters. The highest BCUT2D eigenvalue weighted by Crippen LogP contribution is 2.57. The summed E-state index contributed by atoms with van der Waals surface area (Å²) in [5, 5.41) is 0. The van der Waals surface area contributed by atoms with E-state index < -0.39 is 0 Å². The Morgan fingerprint density at radius 3 is 1.81 bits per heavy atom. The molecule has 2 saturated heterocycles. The van der Waals surface area contributed by atoms with Crippen LogP contribution in [0.2, 0.25) is 0 Å². The zero-order chi connectivity index (χ0) is 17.7. The smallest absolute Gasteiger partial charge is 0.226 e. The van der Waals surface area contributed by atoms with E-state index in [4.69, 9.17) is 4.74 Å². The molecule has 0 N–H and O–H groups in total. The first kappa shape index (κ1) is 17.0. The fourth-order valence-corrected chi connectivity index (χ4v) is 6.93. The normalized spacial score (nSPS) is 40.1.